The summed E-state index contributed by atoms with van der Waals surface area (Å²) in [5.41, 5.74) is 0.602. The first kappa shape index (κ1) is 8.45. The van der Waals surface area contributed by atoms with Gasteiger partial charge in [0.15, 0.2) is 0 Å². The first-order valence-corrected chi connectivity index (χ1v) is 4.67. The van der Waals surface area contributed by atoms with Gasteiger partial charge in [-0.05, 0) is 11.5 Å². The van der Waals surface area contributed by atoms with E-state index < -0.39 is 0 Å². The zero-order valence-corrected chi connectivity index (χ0v) is 8.34. The van der Waals surface area contributed by atoms with Crippen molar-refractivity contribution in [2.75, 3.05) is 0 Å². The van der Waals surface area contributed by atoms with Gasteiger partial charge in [0.1, 0.15) is 0 Å². The van der Waals surface area contributed by atoms with Gasteiger partial charge in [-0.3, -0.25) is 4.79 Å². The number of fused-ring (bicyclic) bond motifs is 1. The molecule has 0 saturated carbocycles. The molecule has 0 atom stereocenters. The molecule has 1 nitrogen and oxygen atoms in total. The highest BCUT2D eigenvalue weighted by Gasteiger charge is 2.02. The van der Waals surface area contributed by atoms with Gasteiger partial charge in [0.25, 0.3) is 0 Å². The molecule has 63 valence electrons. The van der Waals surface area contributed by atoms with Crippen molar-refractivity contribution in [3.63, 3.8) is 0 Å². The molecule has 0 aliphatic heterocycles. The fraction of sp³-hybridized carbons (Fsp3) is 0. The van der Waals surface area contributed by atoms with Crippen LogP contribution in [0.5, 0.6) is 0 Å². The van der Waals surface area contributed by atoms with E-state index in [1.54, 1.807) is 6.07 Å². The molecule has 2 heteroatoms. The van der Waals surface area contributed by atoms with Gasteiger partial charge in [-0.2, -0.15) is 0 Å². The number of halogens is 1. The zero-order chi connectivity index (χ0) is 9.26. The average Bonchev–Trinajstić information content (AvgIpc) is 2.17. The first-order chi connectivity index (χ1) is 6.33. The van der Waals surface area contributed by atoms with Crippen LogP contribution in [-0.2, 0) is 4.79 Å². The topological polar surface area (TPSA) is 17.1 Å². The summed E-state index contributed by atoms with van der Waals surface area (Å²) >= 11 is 3.41. The first-order valence-electron chi connectivity index (χ1n) is 3.88. The van der Waals surface area contributed by atoms with Crippen LogP contribution in [0, 0.1) is 0 Å². The van der Waals surface area contributed by atoms with Crippen LogP contribution in [0.15, 0.2) is 40.9 Å². The van der Waals surface area contributed by atoms with Crippen molar-refractivity contribution < 1.29 is 4.79 Å². The highest BCUT2D eigenvalue weighted by Crippen LogP contribution is 2.25. The smallest absolute Gasteiger partial charge is 0.234 e. The SMILES string of the molecule is O=[C]c1cccc2cccc(Br)c12. The van der Waals surface area contributed by atoms with E-state index in [0.717, 1.165) is 15.2 Å². The molecule has 0 heterocycles. The largest absolute Gasteiger partial charge is 0.285 e. The summed E-state index contributed by atoms with van der Waals surface area (Å²) in [4.78, 5) is 10.6. The molecule has 0 aromatic heterocycles. The van der Waals surface area contributed by atoms with Crippen molar-refractivity contribution in [2.45, 2.75) is 0 Å². The second kappa shape index (κ2) is 3.30. The van der Waals surface area contributed by atoms with Crippen LogP contribution in [0.4, 0.5) is 0 Å². The second-order valence-electron chi connectivity index (χ2n) is 2.75. The summed E-state index contributed by atoms with van der Waals surface area (Å²) in [7, 11) is 0. The number of rotatable bonds is 1. The molecule has 2 rings (SSSR count). The van der Waals surface area contributed by atoms with E-state index in [-0.39, 0.29) is 0 Å². The van der Waals surface area contributed by atoms with Gasteiger partial charge in [-0.25, -0.2) is 0 Å². The Labute approximate surface area is 84.5 Å². The number of hydrogen-bond donors (Lipinski definition) is 0. The molecule has 0 N–H and O–H groups in total. The lowest BCUT2D eigenvalue weighted by molar-refractivity contribution is 0.563. The van der Waals surface area contributed by atoms with Crippen LogP contribution in [-0.4, -0.2) is 6.29 Å². The van der Waals surface area contributed by atoms with Crippen LogP contribution < -0.4 is 0 Å². The third kappa shape index (κ3) is 1.38. The molecule has 0 spiro atoms. The van der Waals surface area contributed by atoms with E-state index in [4.69, 9.17) is 0 Å². The Morgan fingerprint density at radius 2 is 1.77 bits per heavy atom. The van der Waals surface area contributed by atoms with Gasteiger partial charge in [-0.1, -0.05) is 46.3 Å². The summed E-state index contributed by atoms with van der Waals surface area (Å²) in [6.07, 6.45) is 1.93. The van der Waals surface area contributed by atoms with Gasteiger partial charge in [-0.15, -0.1) is 0 Å². The Kier molecular flexibility index (Phi) is 2.15. The van der Waals surface area contributed by atoms with E-state index in [1.807, 2.05) is 36.6 Å². The minimum atomic E-state index is 0.602. The van der Waals surface area contributed by atoms with Crippen molar-refractivity contribution in [2.24, 2.45) is 0 Å². The predicted molar refractivity (Wildman–Crippen MR) is 56.4 cm³/mol. The van der Waals surface area contributed by atoms with Gasteiger partial charge in [0, 0.05) is 15.4 Å². The maximum absolute atomic E-state index is 10.6. The Morgan fingerprint density at radius 1 is 1.08 bits per heavy atom. The summed E-state index contributed by atoms with van der Waals surface area (Å²) in [5, 5.41) is 1.98. The molecule has 0 saturated heterocycles. The number of carbonyl (C=O) groups excluding carboxylic acids is 1. The standard InChI is InChI=1S/C11H6BrO/c12-10-6-2-4-8-3-1-5-9(7-13)11(8)10/h1-6H. The molecule has 2 aromatic carbocycles. The molecule has 0 fully saturated rings. The fourth-order valence-corrected chi connectivity index (χ4v) is 1.98. The van der Waals surface area contributed by atoms with E-state index >= 15 is 0 Å². The summed E-state index contributed by atoms with van der Waals surface area (Å²) < 4.78 is 0.934. The maximum atomic E-state index is 10.6. The Bertz CT molecular complexity index is 457. The van der Waals surface area contributed by atoms with Crippen molar-refractivity contribution in [3.05, 3.63) is 46.4 Å². The molecular weight excluding hydrogens is 228 g/mol. The molecular formula is C11H6BrO. The minimum absolute atomic E-state index is 0.602. The lowest BCUT2D eigenvalue weighted by Crippen LogP contribution is -1.83. The van der Waals surface area contributed by atoms with Crippen LogP contribution in [0.3, 0.4) is 0 Å². The van der Waals surface area contributed by atoms with Crippen LogP contribution in [0.1, 0.15) is 5.56 Å². The number of hydrogen-bond acceptors (Lipinski definition) is 1. The Balaban J connectivity index is 2.94. The molecule has 0 aliphatic rings. The summed E-state index contributed by atoms with van der Waals surface area (Å²) in [6, 6.07) is 11.4. The highest BCUT2D eigenvalue weighted by atomic mass is 79.9. The quantitative estimate of drug-likeness (QED) is 0.741. The van der Waals surface area contributed by atoms with Crippen molar-refractivity contribution in [1.29, 1.82) is 0 Å². The summed E-state index contributed by atoms with van der Waals surface area (Å²) in [6.45, 7) is 0. The average molecular weight is 234 g/mol. The maximum Gasteiger partial charge on any atom is 0.234 e. The predicted octanol–water partition coefficient (Wildman–Crippen LogP) is 3.06. The lowest BCUT2D eigenvalue weighted by Gasteiger charge is -2.01. The number of benzene rings is 2. The molecule has 0 bridgehead atoms. The summed E-state index contributed by atoms with van der Waals surface area (Å²) in [5.74, 6) is 0. The second-order valence-corrected chi connectivity index (χ2v) is 3.60. The van der Waals surface area contributed by atoms with Crippen LogP contribution in [0.2, 0.25) is 0 Å². The molecule has 0 aliphatic carbocycles. The minimum Gasteiger partial charge on any atom is -0.285 e. The van der Waals surface area contributed by atoms with E-state index in [0.29, 0.717) is 5.56 Å². The van der Waals surface area contributed by atoms with Gasteiger partial charge in [0.2, 0.25) is 6.29 Å². The molecule has 0 amide bonds. The molecule has 1 radical (unpaired) electrons. The van der Waals surface area contributed by atoms with E-state index in [9.17, 15) is 4.79 Å². The molecule has 0 unspecified atom stereocenters. The van der Waals surface area contributed by atoms with Crippen molar-refractivity contribution >= 4 is 33.0 Å². The van der Waals surface area contributed by atoms with E-state index in [1.165, 1.54) is 0 Å². The van der Waals surface area contributed by atoms with E-state index in [2.05, 4.69) is 15.9 Å². The Morgan fingerprint density at radius 3 is 2.46 bits per heavy atom. The molecule has 13 heavy (non-hydrogen) atoms. The highest BCUT2D eigenvalue weighted by molar-refractivity contribution is 9.10. The van der Waals surface area contributed by atoms with Crippen molar-refractivity contribution in [3.8, 4) is 0 Å². The third-order valence-corrected chi connectivity index (χ3v) is 2.62. The zero-order valence-electron chi connectivity index (χ0n) is 6.75. The van der Waals surface area contributed by atoms with Gasteiger partial charge < -0.3 is 0 Å². The van der Waals surface area contributed by atoms with Crippen LogP contribution in [0.25, 0.3) is 10.8 Å². The third-order valence-electron chi connectivity index (χ3n) is 1.96. The fourth-order valence-electron chi connectivity index (χ4n) is 1.38. The van der Waals surface area contributed by atoms with Crippen LogP contribution >= 0.6 is 15.9 Å². The lowest BCUT2D eigenvalue weighted by atomic mass is 10.1. The normalized spacial score (nSPS) is 10.2. The van der Waals surface area contributed by atoms with Crippen molar-refractivity contribution in [1.82, 2.24) is 0 Å². The van der Waals surface area contributed by atoms with Gasteiger partial charge >= 0.3 is 0 Å². The molecule has 2 aromatic rings. The monoisotopic (exact) mass is 233 g/mol. The Hall–Kier alpha value is -1.15. The van der Waals surface area contributed by atoms with Gasteiger partial charge in [0.05, 0.1) is 0 Å².